The molecule has 96 valence electrons. The zero-order valence-corrected chi connectivity index (χ0v) is 11.6. The van der Waals surface area contributed by atoms with Crippen LogP contribution in [0.25, 0.3) is 0 Å². The molecule has 2 heterocycles. The highest BCUT2D eigenvalue weighted by Gasteiger charge is 2.52. The summed E-state index contributed by atoms with van der Waals surface area (Å²) < 4.78 is 13.1. The van der Waals surface area contributed by atoms with Gasteiger partial charge in [0.2, 0.25) is 0 Å². The van der Waals surface area contributed by atoms with Crippen LogP contribution in [-0.2, 0) is 9.31 Å². The van der Waals surface area contributed by atoms with Crippen molar-refractivity contribution in [1.82, 2.24) is 4.98 Å². The van der Waals surface area contributed by atoms with Gasteiger partial charge in [0.25, 0.3) is 0 Å². The lowest BCUT2D eigenvalue weighted by Gasteiger charge is -2.32. The van der Waals surface area contributed by atoms with Crippen LogP contribution >= 0.6 is 11.3 Å². The summed E-state index contributed by atoms with van der Waals surface area (Å²) in [6.45, 7) is 12.3. The maximum atomic E-state index is 5.99. The Bertz CT molecular complexity index is 399. The quantitative estimate of drug-likeness (QED) is 0.723. The van der Waals surface area contributed by atoms with Gasteiger partial charge in [-0.25, -0.2) is 4.98 Å². The molecule has 0 spiro atoms. The molecule has 0 radical (unpaired) electrons. The summed E-state index contributed by atoms with van der Waals surface area (Å²) >= 11 is 1.65. The molecule has 0 aromatic carbocycles. The first kappa shape index (κ1) is 14.7. The van der Waals surface area contributed by atoms with Crippen molar-refractivity contribution >= 4 is 23.2 Å². The zero-order valence-electron chi connectivity index (χ0n) is 10.7. The van der Waals surface area contributed by atoms with Gasteiger partial charge in [0.1, 0.15) is 0 Å². The largest absolute Gasteiger partial charge is 0.507 e. The van der Waals surface area contributed by atoms with Gasteiger partial charge in [0.15, 0.2) is 0 Å². The van der Waals surface area contributed by atoms with Crippen LogP contribution in [0.1, 0.15) is 45.8 Å². The monoisotopic (exact) mass is 255 g/mol. The maximum Gasteiger partial charge on any atom is 0.507 e. The number of aryl methyl sites for hydroxylation is 2. The Morgan fingerprint density at radius 2 is 1.53 bits per heavy atom. The smallest absolute Gasteiger partial charge is 0.399 e. The number of thiazole rings is 1. The maximum absolute atomic E-state index is 5.99. The topological polar surface area (TPSA) is 31.4 Å². The van der Waals surface area contributed by atoms with E-state index in [1.807, 2.05) is 13.8 Å². The van der Waals surface area contributed by atoms with Gasteiger partial charge < -0.3 is 9.31 Å². The van der Waals surface area contributed by atoms with Crippen molar-refractivity contribution in [2.45, 2.75) is 60.2 Å². The lowest BCUT2D eigenvalue weighted by molar-refractivity contribution is 0.00578. The van der Waals surface area contributed by atoms with Gasteiger partial charge in [-0.1, -0.05) is 7.43 Å². The van der Waals surface area contributed by atoms with E-state index in [1.54, 1.807) is 11.3 Å². The second kappa shape index (κ2) is 4.37. The molecule has 1 saturated heterocycles. The van der Waals surface area contributed by atoms with E-state index in [0.29, 0.717) is 0 Å². The normalized spacial score (nSPS) is 21.4. The van der Waals surface area contributed by atoms with Gasteiger partial charge >= 0.3 is 7.12 Å². The van der Waals surface area contributed by atoms with Gasteiger partial charge in [-0.2, -0.15) is 0 Å². The van der Waals surface area contributed by atoms with Crippen LogP contribution in [-0.4, -0.2) is 23.3 Å². The van der Waals surface area contributed by atoms with Crippen LogP contribution in [0.3, 0.4) is 0 Å². The van der Waals surface area contributed by atoms with E-state index < -0.39 is 0 Å². The summed E-state index contributed by atoms with van der Waals surface area (Å²) in [5.74, 6) is 0. The summed E-state index contributed by atoms with van der Waals surface area (Å²) in [7, 11) is -0.267. The van der Waals surface area contributed by atoms with Crippen LogP contribution < -0.4 is 4.78 Å². The molecular formula is C12H22BNO2S. The number of aromatic nitrogens is 1. The summed E-state index contributed by atoms with van der Waals surface area (Å²) in [5, 5.41) is 1.06. The van der Waals surface area contributed by atoms with Gasteiger partial charge in [-0.05, 0) is 41.5 Å². The Morgan fingerprint density at radius 3 is 1.88 bits per heavy atom. The highest BCUT2D eigenvalue weighted by atomic mass is 32.1. The highest BCUT2D eigenvalue weighted by Crippen LogP contribution is 2.37. The van der Waals surface area contributed by atoms with Gasteiger partial charge in [-0.15, -0.1) is 11.3 Å². The van der Waals surface area contributed by atoms with Crippen LogP contribution in [0, 0.1) is 13.8 Å². The molecule has 0 amide bonds. The fourth-order valence-corrected chi connectivity index (χ4v) is 2.60. The lowest BCUT2D eigenvalue weighted by Crippen LogP contribution is -2.41. The van der Waals surface area contributed by atoms with Crippen molar-refractivity contribution in [3.8, 4) is 0 Å². The zero-order chi connectivity index (χ0) is 12.1. The minimum atomic E-state index is -0.276. The van der Waals surface area contributed by atoms with E-state index in [2.05, 4.69) is 32.7 Å². The molecule has 2 rings (SSSR count). The molecule has 1 fully saturated rings. The first-order valence-electron chi connectivity index (χ1n) is 5.52. The molecular weight excluding hydrogens is 233 g/mol. The minimum Gasteiger partial charge on any atom is -0.399 e. The van der Waals surface area contributed by atoms with Gasteiger partial charge in [0, 0.05) is 5.69 Å². The fraction of sp³-hybridized carbons (Fsp3) is 0.750. The third-order valence-electron chi connectivity index (χ3n) is 3.41. The Balaban J connectivity index is 0.00000144. The van der Waals surface area contributed by atoms with Gasteiger partial charge in [-0.3, -0.25) is 0 Å². The number of nitrogens with zero attached hydrogens (tertiary/aromatic N) is 1. The Kier molecular flexibility index (Phi) is 3.78. The standard InChI is InChI=1S/C11H18BNO2S.CH4/c1-7-9(16-8(2)13-7)12-14-10(3,4)11(5,6)15-12;/h1-6H3;1H4. The van der Waals surface area contributed by atoms with Crippen LogP contribution in [0.2, 0.25) is 0 Å². The van der Waals surface area contributed by atoms with Crippen molar-refractivity contribution in [3.63, 3.8) is 0 Å². The Labute approximate surface area is 109 Å². The SMILES string of the molecule is C.Cc1nc(C)c(B2OC(C)(C)C(C)(C)O2)s1. The molecule has 0 saturated carbocycles. The van der Waals surface area contributed by atoms with Gasteiger partial charge in [0.05, 0.1) is 21.0 Å². The predicted octanol–water partition coefficient (Wildman–Crippen LogP) is 2.70. The number of rotatable bonds is 1. The van der Waals surface area contributed by atoms with Crippen molar-refractivity contribution < 1.29 is 9.31 Å². The molecule has 5 heteroatoms. The van der Waals surface area contributed by atoms with Crippen molar-refractivity contribution in [2.24, 2.45) is 0 Å². The minimum absolute atomic E-state index is 0. The molecule has 1 aliphatic heterocycles. The number of hydrogen-bond donors (Lipinski definition) is 0. The molecule has 0 unspecified atom stereocenters. The second-order valence-electron chi connectivity index (χ2n) is 5.27. The van der Waals surface area contributed by atoms with Crippen LogP contribution in [0.4, 0.5) is 0 Å². The molecule has 0 atom stereocenters. The predicted molar refractivity (Wildman–Crippen MR) is 74.0 cm³/mol. The summed E-state index contributed by atoms with van der Waals surface area (Å²) in [4.78, 5) is 4.41. The molecule has 1 aliphatic rings. The molecule has 1 aromatic rings. The summed E-state index contributed by atoms with van der Waals surface area (Å²) in [6.07, 6.45) is 0. The van der Waals surface area contributed by atoms with E-state index in [4.69, 9.17) is 9.31 Å². The molecule has 3 nitrogen and oxygen atoms in total. The number of hydrogen-bond acceptors (Lipinski definition) is 4. The molecule has 17 heavy (non-hydrogen) atoms. The van der Waals surface area contributed by atoms with Crippen molar-refractivity contribution in [2.75, 3.05) is 0 Å². The van der Waals surface area contributed by atoms with E-state index >= 15 is 0 Å². The first-order chi connectivity index (χ1) is 7.23. The highest BCUT2D eigenvalue weighted by molar-refractivity contribution is 7.22. The average Bonchev–Trinajstić information content (AvgIpc) is 2.51. The van der Waals surface area contributed by atoms with Crippen LogP contribution in [0.5, 0.6) is 0 Å². The Morgan fingerprint density at radius 1 is 1.06 bits per heavy atom. The van der Waals surface area contributed by atoms with E-state index in [9.17, 15) is 0 Å². The van der Waals surface area contributed by atoms with E-state index in [-0.39, 0.29) is 25.7 Å². The van der Waals surface area contributed by atoms with E-state index in [1.165, 1.54) is 0 Å². The summed E-state index contributed by atoms with van der Waals surface area (Å²) in [6, 6.07) is 0. The van der Waals surface area contributed by atoms with Crippen LogP contribution in [0.15, 0.2) is 0 Å². The van der Waals surface area contributed by atoms with E-state index in [0.717, 1.165) is 15.5 Å². The van der Waals surface area contributed by atoms with Crippen molar-refractivity contribution in [3.05, 3.63) is 10.7 Å². The molecule has 1 aromatic heterocycles. The fourth-order valence-electron chi connectivity index (χ4n) is 1.72. The Hall–Kier alpha value is -0.385. The molecule has 0 N–H and O–H groups in total. The van der Waals surface area contributed by atoms with Crippen molar-refractivity contribution in [1.29, 1.82) is 0 Å². The lowest BCUT2D eigenvalue weighted by atomic mass is 9.86. The molecule has 0 bridgehead atoms. The second-order valence-corrected chi connectivity index (χ2v) is 6.51. The third kappa shape index (κ3) is 2.42. The molecule has 0 aliphatic carbocycles. The first-order valence-corrected chi connectivity index (χ1v) is 6.34. The third-order valence-corrected chi connectivity index (χ3v) is 4.50. The summed E-state index contributed by atoms with van der Waals surface area (Å²) in [5.41, 5.74) is 0.463. The average molecular weight is 255 g/mol.